The average molecular weight is 389 g/mol. The van der Waals surface area contributed by atoms with Gasteiger partial charge in [-0.25, -0.2) is 9.97 Å². The summed E-state index contributed by atoms with van der Waals surface area (Å²) in [5, 5.41) is 0.491. The van der Waals surface area contributed by atoms with Gasteiger partial charge in [0.2, 0.25) is 0 Å². The Morgan fingerprint density at radius 2 is 1.79 bits per heavy atom. The van der Waals surface area contributed by atoms with E-state index in [9.17, 15) is 0 Å². The second-order valence-corrected chi connectivity index (χ2v) is 5.87. The lowest BCUT2D eigenvalue weighted by atomic mass is 10.2. The van der Waals surface area contributed by atoms with Crippen LogP contribution in [0.2, 0.25) is 5.15 Å². The molecule has 0 unspecified atom stereocenters. The third-order valence-corrected chi connectivity index (χ3v) is 4.34. The van der Waals surface area contributed by atoms with Crippen LogP contribution in [-0.4, -0.2) is 16.1 Å². The molecule has 1 aromatic carbocycles. The molecule has 3 nitrogen and oxygen atoms in total. The third-order valence-electron chi connectivity index (χ3n) is 2.46. The molecule has 0 amide bonds. The number of benzene rings is 1. The normalized spacial score (nSPS) is 10.8. The van der Waals surface area contributed by atoms with Crippen molar-refractivity contribution in [1.82, 2.24) is 9.97 Å². The van der Waals surface area contributed by atoms with E-state index in [1.165, 1.54) is 0 Å². The number of hydrogen-bond donors (Lipinski definition) is 0. The first kappa shape index (κ1) is 14.5. The van der Waals surface area contributed by atoms with E-state index < -0.39 is 0 Å². The van der Waals surface area contributed by atoms with E-state index >= 15 is 0 Å². The molecule has 1 heterocycles. The number of ether oxygens (including phenoxy) is 1. The van der Waals surface area contributed by atoms with Gasteiger partial charge in [0.25, 0.3) is 0 Å². The van der Waals surface area contributed by atoms with Gasteiger partial charge in [0.15, 0.2) is 5.82 Å². The van der Waals surface area contributed by atoms with Crippen molar-refractivity contribution in [2.24, 2.45) is 0 Å². The summed E-state index contributed by atoms with van der Waals surface area (Å²) in [6, 6.07) is 7.71. The molecule has 0 bridgehead atoms. The van der Waals surface area contributed by atoms with Gasteiger partial charge in [-0.3, -0.25) is 0 Å². The van der Waals surface area contributed by atoms with Crippen molar-refractivity contribution >= 4 is 34.2 Å². The van der Waals surface area contributed by atoms with Gasteiger partial charge in [0.1, 0.15) is 10.9 Å². The van der Waals surface area contributed by atoms with E-state index in [1.54, 1.807) is 0 Å². The molecule has 2 aromatic rings. The van der Waals surface area contributed by atoms with Crippen LogP contribution in [-0.2, 0) is 0 Å². The van der Waals surface area contributed by atoms with Gasteiger partial charge in [-0.05, 0) is 67.6 Å². The maximum atomic E-state index is 6.09. The van der Waals surface area contributed by atoms with Crippen molar-refractivity contribution in [2.45, 2.75) is 26.9 Å². The van der Waals surface area contributed by atoms with Gasteiger partial charge in [0, 0.05) is 5.56 Å². The number of rotatable bonds is 3. The Hall–Kier alpha value is -0.880. The summed E-state index contributed by atoms with van der Waals surface area (Å²) >= 11 is 8.23. The Labute approximate surface area is 131 Å². The smallest absolute Gasteiger partial charge is 0.161 e. The lowest BCUT2D eigenvalue weighted by Crippen LogP contribution is -2.05. The molecule has 5 heteroatoms. The Balaban J connectivity index is 2.32. The monoisotopic (exact) mass is 388 g/mol. The minimum atomic E-state index is 0.164. The second-order valence-electron chi connectivity index (χ2n) is 4.43. The van der Waals surface area contributed by atoms with E-state index in [1.807, 2.05) is 45.0 Å². The van der Waals surface area contributed by atoms with Crippen molar-refractivity contribution in [2.75, 3.05) is 0 Å². The molecule has 1 aromatic heterocycles. The molecular weight excluding hydrogens is 375 g/mol. The fourth-order valence-electron chi connectivity index (χ4n) is 1.61. The van der Waals surface area contributed by atoms with E-state index in [-0.39, 0.29) is 6.10 Å². The van der Waals surface area contributed by atoms with Gasteiger partial charge in [-0.1, -0.05) is 11.6 Å². The van der Waals surface area contributed by atoms with Crippen LogP contribution in [0.25, 0.3) is 11.4 Å². The van der Waals surface area contributed by atoms with Gasteiger partial charge in [0.05, 0.1) is 15.4 Å². The summed E-state index contributed by atoms with van der Waals surface area (Å²) in [5.41, 5.74) is 1.82. The predicted molar refractivity (Wildman–Crippen MR) is 85.7 cm³/mol. The van der Waals surface area contributed by atoms with Crippen molar-refractivity contribution in [3.05, 3.63) is 38.7 Å². The van der Waals surface area contributed by atoms with Crippen molar-refractivity contribution in [3.8, 4) is 17.1 Å². The highest BCUT2D eigenvalue weighted by Gasteiger charge is 2.09. The molecular formula is C14H14ClIN2O. The molecule has 0 spiro atoms. The third kappa shape index (κ3) is 3.57. The lowest BCUT2D eigenvalue weighted by molar-refractivity contribution is 0.242. The zero-order valence-corrected chi connectivity index (χ0v) is 13.9. The topological polar surface area (TPSA) is 35.0 Å². The zero-order chi connectivity index (χ0) is 14.0. The van der Waals surface area contributed by atoms with E-state index in [0.717, 1.165) is 20.6 Å². The number of hydrogen-bond acceptors (Lipinski definition) is 3. The Bertz CT molecular complexity index is 561. The molecule has 0 radical (unpaired) electrons. The SMILES string of the molecule is Cc1nc(-c2ccc(OC(C)C)cc2)nc(Cl)c1I. The van der Waals surface area contributed by atoms with Crippen molar-refractivity contribution in [1.29, 1.82) is 0 Å². The van der Waals surface area contributed by atoms with Crippen LogP contribution in [0.15, 0.2) is 24.3 Å². The quantitative estimate of drug-likeness (QED) is 0.574. The summed E-state index contributed by atoms with van der Waals surface area (Å²) in [4.78, 5) is 8.75. The first-order valence-corrected chi connectivity index (χ1v) is 7.39. The van der Waals surface area contributed by atoms with Crippen molar-refractivity contribution in [3.63, 3.8) is 0 Å². The number of aromatic nitrogens is 2. The van der Waals surface area contributed by atoms with E-state index in [2.05, 4.69) is 32.6 Å². The van der Waals surface area contributed by atoms with Crippen LogP contribution >= 0.6 is 34.2 Å². The van der Waals surface area contributed by atoms with Gasteiger partial charge >= 0.3 is 0 Å². The van der Waals surface area contributed by atoms with Crippen LogP contribution in [0.1, 0.15) is 19.5 Å². The fourth-order valence-corrected chi connectivity index (χ4v) is 2.07. The zero-order valence-electron chi connectivity index (χ0n) is 10.9. The molecule has 100 valence electrons. The van der Waals surface area contributed by atoms with E-state index in [4.69, 9.17) is 16.3 Å². The molecule has 0 aliphatic heterocycles. The molecule has 0 saturated carbocycles. The number of aryl methyl sites for hydroxylation is 1. The number of nitrogens with zero attached hydrogens (tertiary/aromatic N) is 2. The summed E-state index contributed by atoms with van der Waals surface area (Å²) in [5.74, 6) is 1.48. The minimum absolute atomic E-state index is 0.164. The molecule has 0 N–H and O–H groups in total. The van der Waals surface area contributed by atoms with Gasteiger partial charge in [-0.15, -0.1) is 0 Å². The highest BCUT2D eigenvalue weighted by molar-refractivity contribution is 14.1. The van der Waals surface area contributed by atoms with Crippen LogP contribution in [0.5, 0.6) is 5.75 Å². The first-order valence-electron chi connectivity index (χ1n) is 5.94. The minimum Gasteiger partial charge on any atom is -0.491 e. The summed E-state index contributed by atoms with van der Waals surface area (Å²) in [7, 11) is 0. The average Bonchev–Trinajstić information content (AvgIpc) is 2.35. The molecule has 0 fully saturated rings. The molecule has 19 heavy (non-hydrogen) atoms. The first-order chi connectivity index (χ1) is 8.97. The fraction of sp³-hybridized carbons (Fsp3) is 0.286. The lowest BCUT2D eigenvalue weighted by Gasteiger charge is -2.10. The largest absolute Gasteiger partial charge is 0.491 e. The molecule has 2 rings (SSSR count). The van der Waals surface area contributed by atoms with Crippen molar-refractivity contribution < 1.29 is 4.74 Å². The van der Waals surface area contributed by atoms with Crippen LogP contribution in [0.4, 0.5) is 0 Å². The number of halogens is 2. The van der Waals surface area contributed by atoms with Gasteiger partial charge in [-0.2, -0.15) is 0 Å². The van der Waals surface area contributed by atoms with Gasteiger partial charge < -0.3 is 4.74 Å². The van der Waals surface area contributed by atoms with E-state index in [0.29, 0.717) is 11.0 Å². The maximum absolute atomic E-state index is 6.09. The maximum Gasteiger partial charge on any atom is 0.161 e. The predicted octanol–water partition coefficient (Wildman–Crippen LogP) is 4.50. The summed E-state index contributed by atoms with van der Waals surface area (Å²) < 4.78 is 6.49. The van der Waals surface area contributed by atoms with Crippen LogP contribution in [0, 0.1) is 10.5 Å². The standard InChI is InChI=1S/C14H14ClIN2O/c1-8(2)19-11-6-4-10(5-7-11)14-17-9(3)12(16)13(15)18-14/h4-8H,1-3H3. The van der Waals surface area contributed by atoms with Crippen LogP contribution < -0.4 is 4.74 Å². The van der Waals surface area contributed by atoms with Crippen LogP contribution in [0.3, 0.4) is 0 Å². The molecule has 0 aliphatic carbocycles. The Morgan fingerprint density at radius 1 is 1.16 bits per heavy atom. The Morgan fingerprint density at radius 3 is 2.32 bits per heavy atom. The molecule has 0 saturated heterocycles. The molecule has 0 aliphatic rings. The highest BCUT2D eigenvalue weighted by Crippen LogP contribution is 2.25. The Kier molecular flexibility index (Phi) is 4.62. The summed E-state index contributed by atoms with van der Waals surface area (Å²) in [6.45, 7) is 5.92. The molecule has 0 atom stereocenters. The second kappa shape index (κ2) is 6.05. The highest BCUT2D eigenvalue weighted by atomic mass is 127. The summed E-state index contributed by atoms with van der Waals surface area (Å²) in [6.07, 6.45) is 0.164.